The molecule has 0 unspecified atom stereocenters. The molecule has 0 aromatic carbocycles. The van der Waals surface area contributed by atoms with Crippen LogP contribution in [0.15, 0.2) is 24.5 Å². The molecule has 6 nitrogen and oxygen atoms in total. The molecule has 0 N–H and O–H groups in total. The number of hydrogen-bond donors (Lipinski definition) is 0. The summed E-state index contributed by atoms with van der Waals surface area (Å²) in [6.45, 7) is 12.7. The minimum Gasteiger partial charge on any atom is -0.487 e. The Morgan fingerprint density at radius 1 is 0.750 bits per heavy atom. The lowest BCUT2D eigenvalue weighted by Crippen LogP contribution is -2.39. The van der Waals surface area contributed by atoms with Crippen molar-refractivity contribution in [1.29, 1.82) is 0 Å². The van der Waals surface area contributed by atoms with E-state index < -0.39 is 0 Å². The maximum Gasteiger partial charge on any atom is 0.172 e. The molecule has 6 heteroatoms. The van der Waals surface area contributed by atoms with Gasteiger partial charge in [0.1, 0.15) is 13.2 Å². The molecule has 6 heterocycles. The van der Waals surface area contributed by atoms with E-state index in [1.807, 2.05) is 12.4 Å². The first kappa shape index (κ1) is 21.4. The molecule has 0 radical (unpaired) electrons. The largest absolute Gasteiger partial charge is 0.487 e. The molecule has 2 aromatic heterocycles. The Labute approximate surface area is 191 Å². The van der Waals surface area contributed by atoms with Crippen LogP contribution in [0.25, 0.3) is 0 Å². The Morgan fingerprint density at radius 2 is 1.19 bits per heavy atom. The summed E-state index contributed by atoms with van der Waals surface area (Å²) < 4.78 is 11.9. The van der Waals surface area contributed by atoms with E-state index in [1.165, 1.54) is 36.8 Å². The van der Waals surface area contributed by atoms with Gasteiger partial charge in [-0.1, -0.05) is 27.7 Å². The molecule has 2 saturated heterocycles. The van der Waals surface area contributed by atoms with Crippen LogP contribution in [0.3, 0.4) is 0 Å². The van der Waals surface area contributed by atoms with Gasteiger partial charge in [0.2, 0.25) is 0 Å². The second kappa shape index (κ2) is 8.80. The van der Waals surface area contributed by atoms with Crippen molar-refractivity contribution in [3.63, 3.8) is 0 Å². The van der Waals surface area contributed by atoms with Gasteiger partial charge in [-0.05, 0) is 49.7 Å². The highest BCUT2D eigenvalue weighted by atomic mass is 16.5. The van der Waals surface area contributed by atoms with Crippen molar-refractivity contribution in [3.05, 3.63) is 35.7 Å². The number of anilines is 2. The Bertz CT molecular complexity index is 883. The van der Waals surface area contributed by atoms with Crippen LogP contribution in [0, 0.1) is 0 Å². The third-order valence-electron chi connectivity index (χ3n) is 7.21. The predicted octanol–water partition coefficient (Wildman–Crippen LogP) is 5.13. The van der Waals surface area contributed by atoms with Crippen LogP contribution in [0.4, 0.5) is 11.6 Å². The van der Waals surface area contributed by atoms with E-state index in [1.54, 1.807) is 0 Å². The summed E-state index contributed by atoms with van der Waals surface area (Å²) in [6.07, 6.45) is 8.85. The molecule has 0 saturated carbocycles. The third-order valence-corrected chi connectivity index (χ3v) is 7.21. The van der Waals surface area contributed by atoms with E-state index in [0.717, 1.165) is 49.4 Å². The zero-order valence-corrected chi connectivity index (χ0v) is 19.9. The molecule has 32 heavy (non-hydrogen) atoms. The fraction of sp³-hybridized carbons (Fsp3) is 0.615. The Morgan fingerprint density at radius 3 is 1.59 bits per heavy atom. The average molecular weight is 437 g/mol. The molecular formula is C26H36N4O2. The summed E-state index contributed by atoms with van der Waals surface area (Å²) in [6, 6.07) is 5.28. The molecule has 6 rings (SSSR count). The first-order chi connectivity index (χ1) is 15.5. The second-order valence-electron chi connectivity index (χ2n) is 10.0. The summed E-state index contributed by atoms with van der Waals surface area (Å²) in [7, 11) is 0. The topological polar surface area (TPSA) is 50.7 Å². The Balaban J connectivity index is 0.000000135. The van der Waals surface area contributed by atoms with Gasteiger partial charge in [0.05, 0.1) is 12.1 Å². The average Bonchev–Trinajstić information content (AvgIpc) is 3.48. The fourth-order valence-electron chi connectivity index (χ4n) is 5.45. The highest BCUT2D eigenvalue weighted by Crippen LogP contribution is 2.42. The summed E-state index contributed by atoms with van der Waals surface area (Å²) in [4.78, 5) is 13.9. The monoisotopic (exact) mass is 436 g/mol. The quantitative estimate of drug-likeness (QED) is 0.650. The lowest BCUT2D eigenvalue weighted by molar-refractivity contribution is 0.266. The van der Waals surface area contributed by atoms with Crippen molar-refractivity contribution in [2.24, 2.45) is 0 Å². The third kappa shape index (κ3) is 3.78. The zero-order chi connectivity index (χ0) is 22.2. The van der Waals surface area contributed by atoms with Crippen molar-refractivity contribution in [3.8, 4) is 11.5 Å². The van der Waals surface area contributed by atoms with Gasteiger partial charge in [-0.15, -0.1) is 0 Å². The molecule has 2 aromatic rings. The zero-order valence-electron chi connectivity index (χ0n) is 19.9. The van der Waals surface area contributed by atoms with E-state index in [2.05, 4.69) is 59.6 Å². The van der Waals surface area contributed by atoms with E-state index in [0.29, 0.717) is 23.9 Å². The Hall–Kier alpha value is -2.50. The van der Waals surface area contributed by atoms with Gasteiger partial charge in [0.15, 0.2) is 23.1 Å². The van der Waals surface area contributed by atoms with E-state index in [9.17, 15) is 0 Å². The molecule has 172 valence electrons. The van der Waals surface area contributed by atoms with Gasteiger partial charge in [-0.25, -0.2) is 9.97 Å². The number of fused-ring (bicyclic) bond motifs is 6. The molecule has 2 fully saturated rings. The van der Waals surface area contributed by atoms with Gasteiger partial charge in [0, 0.05) is 36.6 Å². The molecular weight excluding hydrogens is 400 g/mol. The lowest BCUT2D eigenvalue weighted by atomic mass is 10.0. The standard InChI is InChI=1S/2C13H18N2O/c2*1-9(2)11-5-6-14-13-12(11)16-8-10-4-3-7-15(10)13/h2*5-6,9-10H,3-4,7-8H2,1-2H3/t2*10-/m10/s1. The van der Waals surface area contributed by atoms with E-state index in [4.69, 9.17) is 9.47 Å². The van der Waals surface area contributed by atoms with Gasteiger partial charge >= 0.3 is 0 Å². The number of ether oxygens (including phenoxy) is 2. The van der Waals surface area contributed by atoms with Gasteiger partial charge in [0.25, 0.3) is 0 Å². The summed E-state index contributed by atoms with van der Waals surface area (Å²) in [5.74, 6) is 5.18. The number of aromatic nitrogens is 2. The van der Waals surface area contributed by atoms with Crippen LogP contribution in [0.2, 0.25) is 0 Å². The van der Waals surface area contributed by atoms with Crippen LogP contribution < -0.4 is 19.3 Å². The van der Waals surface area contributed by atoms with Crippen molar-refractivity contribution in [2.45, 2.75) is 77.3 Å². The van der Waals surface area contributed by atoms with Gasteiger partial charge in [-0.3, -0.25) is 0 Å². The fourth-order valence-corrected chi connectivity index (χ4v) is 5.45. The molecule has 0 amide bonds. The van der Waals surface area contributed by atoms with Crippen LogP contribution >= 0.6 is 0 Å². The van der Waals surface area contributed by atoms with Crippen LogP contribution in [-0.4, -0.2) is 48.4 Å². The van der Waals surface area contributed by atoms with Crippen molar-refractivity contribution in [2.75, 3.05) is 36.1 Å². The summed E-state index contributed by atoms with van der Waals surface area (Å²) in [5, 5.41) is 0. The van der Waals surface area contributed by atoms with Gasteiger partial charge in [-0.2, -0.15) is 0 Å². The molecule has 4 aliphatic rings. The van der Waals surface area contributed by atoms with E-state index in [-0.39, 0.29) is 0 Å². The van der Waals surface area contributed by atoms with Crippen LogP contribution in [0.5, 0.6) is 11.5 Å². The highest BCUT2D eigenvalue weighted by Gasteiger charge is 2.35. The molecule has 0 aliphatic carbocycles. The normalized spacial score (nSPS) is 22.9. The molecule has 2 atom stereocenters. The Kier molecular flexibility index (Phi) is 5.87. The van der Waals surface area contributed by atoms with Crippen molar-refractivity contribution >= 4 is 11.6 Å². The predicted molar refractivity (Wildman–Crippen MR) is 128 cm³/mol. The first-order valence-corrected chi connectivity index (χ1v) is 12.3. The van der Waals surface area contributed by atoms with Crippen molar-refractivity contribution in [1.82, 2.24) is 9.97 Å². The molecule has 0 spiro atoms. The summed E-state index contributed by atoms with van der Waals surface area (Å²) >= 11 is 0. The van der Waals surface area contributed by atoms with Gasteiger partial charge < -0.3 is 19.3 Å². The number of nitrogens with zero attached hydrogens (tertiary/aromatic N) is 4. The first-order valence-electron chi connectivity index (χ1n) is 12.3. The SMILES string of the molecule is CC(C)c1ccnc2c1OC[C@@H]1CCCN21.CC(C)c1ccnc2c1OC[C@H]1CCCN21. The summed E-state index contributed by atoms with van der Waals surface area (Å²) in [5.41, 5.74) is 2.57. The number of pyridine rings is 2. The van der Waals surface area contributed by atoms with Crippen LogP contribution in [0.1, 0.15) is 76.3 Å². The van der Waals surface area contributed by atoms with E-state index >= 15 is 0 Å². The smallest absolute Gasteiger partial charge is 0.172 e. The minimum atomic E-state index is 0.496. The number of rotatable bonds is 2. The number of hydrogen-bond acceptors (Lipinski definition) is 6. The molecule has 4 aliphatic heterocycles. The maximum absolute atomic E-state index is 5.93. The maximum atomic E-state index is 5.93. The molecule has 0 bridgehead atoms. The highest BCUT2D eigenvalue weighted by molar-refractivity contribution is 5.61. The van der Waals surface area contributed by atoms with Crippen LogP contribution in [-0.2, 0) is 0 Å². The minimum absolute atomic E-state index is 0.496. The van der Waals surface area contributed by atoms with Crippen molar-refractivity contribution < 1.29 is 9.47 Å². The lowest BCUT2D eigenvalue weighted by Gasteiger charge is -2.33. The second-order valence-corrected chi connectivity index (χ2v) is 10.0.